The predicted octanol–water partition coefficient (Wildman–Crippen LogP) is -0.421. The van der Waals surface area contributed by atoms with Gasteiger partial charge in [-0.2, -0.15) is 4.98 Å². The second-order valence-electron chi connectivity index (χ2n) is 4.35. The SMILES string of the molecule is CS(=O)(=O)Cc1noc(C2(N)CCOCC2)n1. The van der Waals surface area contributed by atoms with Crippen LogP contribution in [0.1, 0.15) is 24.6 Å². The Hall–Kier alpha value is -0.990. The standard InChI is InChI=1S/C9H15N3O4S/c1-17(13,14)6-7-11-8(16-12-7)9(10)2-4-15-5-3-9/h2-6,10H2,1H3. The van der Waals surface area contributed by atoms with Crippen LogP contribution >= 0.6 is 0 Å². The monoisotopic (exact) mass is 261 g/mol. The van der Waals surface area contributed by atoms with Crippen LogP contribution in [-0.4, -0.2) is 38.0 Å². The van der Waals surface area contributed by atoms with E-state index in [0.717, 1.165) is 6.26 Å². The minimum atomic E-state index is -3.16. The van der Waals surface area contributed by atoms with Crippen molar-refractivity contribution in [3.05, 3.63) is 11.7 Å². The van der Waals surface area contributed by atoms with Gasteiger partial charge in [0.15, 0.2) is 15.7 Å². The number of aromatic nitrogens is 2. The number of rotatable bonds is 3. The summed E-state index contributed by atoms with van der Waals surface area (Å²) in [4.78, 5) is 4.05. The molecular formula is C9H15N3O4S. The van der Waals surface area contributed by atoms with Crippen LogP contribution in [-0.2, 0) is 25.9 Å². The van der Waals surface area contributed by atoms with E-state index < -0.39 is 15.4 Å². The van der Waals surface area contributed by atoms with Gasteiger partial charge in [-0.25, -0.2) is 8.42 Å². The zero-order valence-corrected chi connectivity index (χ0v) is 10.4. The smallest absolute Gasteiger partial charge is 0.246 e. The number of hydrogen-bond acceptors (Lipinski definition) is 7. The van der Waals surface area contributed by atoms with E-state index in [1.807, 2.05) is 0 Å². The molecule has 1 fully saturated rings. The molecule has 1 aromatic rings. The first kappa shape index (κ1) is 12.5. The molecule has 0 atom stereocenters. The first-order valence-corrected chi connectivity index (χ1v) is 7.32. The predicted molar refractivity (Wildman–Crippen MR) is 58.8 cm³/mol. The quantitative estimate of drug-likeness (QED) is 0.787. The summed E-state index contributed by atoms with van der Waals surface area (Å²) in [6.07, 6.45) is 2.30. The number of ether oxygens (including phenoxy) is 1. The molecule has 2 N–H and O–H groups in total. The van der Waals surface area contributed by atoms with E-state index >= 15 is 0 Å². The Kier molecular flexibility index (Phi) is 3.19. The molecule has 0 radical (unpaired) electrons. The van der Waals surface area contributed by atoms with Gasteiger partial charge in [0.25, 0.3) is 0 Å². The van der Waals surface area contributed by atoms with Crippen LogP contribution in [0.5, 0.6) is 0 Å². The average molecular weight is 261 g/mol. The summed E-state index contributed by atoms with van der Waals surface area (Å²) in [5.41, 5.74) is 5.44. The van der Waals surface area contributed by atoms with Crippen molar-refractivity contribution in [2.75, 3.05) is 19.5 Å². The molecule has 0 saturated carbocycles. The van der Waals surface area contributed by atoms with Crippen LogP contribution < -0.4 is 5.73 Å². The van der Waals surface area contributed by atoms with E-state index in [2.05, 4.69) is 10.1 Å². The zero-order chi connectivity index (χ0) is 12.5. The highest BCUT2D eigenvalue weighted by Gasteiger charge is 2.35. The number of nitrogens with zero attached hydrogens (tertiary/aromatic N) is 2. The Morgan fingerprint density at radius 3 is 2.65 bits per heavy atom. The first-order valence-electron chi connectivity index (χ1n) is 5.26. The molecule has 1 aromatic heterocycles. The van der Waals surface area contributed by atoms with Crippen LogP contribution in [0.2, 0.25) is 0 Å². The molecule has 0 bridgehead atoms. The molecule has 1 aliphatic heterocycles. The van der Waals surface area contributed by atoms with Crippen molar-refractivity contribution < 1.29 is 17.7 Å². The van der Waals surface area contributed by atoms with Crippen molar-refractivity contribution in [3.63, 3.8) is 0 Å². The van der Waals surface area contributed by atoms with Crippen molar-refractivity contribution >= 4 is 9.84 Å². The van der Waals surface area contributed by atoms with Gasteiger partial charge in [-0.3, -0.25) is 0 Å². The second kappa shape index (κ2) is 4.35. The zero-order valence-electron chi connectivity index (χ0n) is 9.55. The molecule has 17 heavy (non-hydrogen) atoms. The van der Waals surface area contributed by atoms with Crippen molar-refractivity contribution in [1.29, 1.82) is 0 Å². The Balaban J connectivity index is 2.17. The van der Waals surface area contributed by atoms with E-state index in [0.29, 0.717) is 31.9 Å². The van der Waals surface area contributed by atoms with Gasteiger partial charge in [0.1, 0.15) is 11.3 Å². The summed E-state index contributed by atoms with van der Waals surface area (Å²) in [5.74, 6) is 0.210. The van der Waals surface area contributed by atoms with Crippen LogP contribution in [0.3, 0.4) is 0 Å². The summed E-state index contributed by atoms with van der Waals surface area (Å²) in [6.45, 7) is 1.08. The Morgan fingerprint density at radius 1 is 1.41 bits per heavy atom. The highest BCUT2D eigenvalue weighted by molar-refractivity contribution is 7.89. The van der Waals surface area contributed by atoms with E-state index in [9.17, 15) is 8.42 Å². The maximum Gasteiger partial charge on any atom is 0.246 e. The molecule has 0 aromatic carbocycles. The van der Waals surface area contributed by atoms with Gasteiger partial charge in [0.05, 0.1) is 0 Å². The van der Waals surface area contributed by atoms with E-state index in [-0.39, 0.29) is 11.6 Å². The average Bonchev–Trinajstić information content (AvgIpc) is 2.65. The summed E-state index contributed by atoms with van der Waals surface area (Å²) < 4.78 is 32.4. The van der Waals surface area contributed by atoms with Gasteiger partial charge in [-0.15, -0.1) is 0 Å². The fraction of sp³-hybridized carbons (Fsp3) is 0.778. The van der Waals surface area contributed by atoms with Crippen molar-refractivity contribution in [3.8, 4) is 0 Å². The fourth-order valence-corrected chi connectivity index (χ4v) is 2.29. The lowest BCUT2D eigenvalue weighted by atomic mass is 9.91. The Bertz CT molecular complexity index is 490. The van der Waals surface area contributed by atoms with Crippen molar-refractivity contribution in [2.45, 2.75) is 24.1 Å². The molecule has 1 saturated heterocycles. The maximum atomic E-state index is 11.1. The lowest BCUT2D eigenvalue weighted by Crippen LogP contribution is -2.42. The largest absolute Gasteiger partial charge is 0.381 e. The third-order valence-corrected chi connectivity index (χ3v) is 3.45. The van der Waals surface area contributed by atoms with Crippen LogP contribution in [0, 0.1) is 0 Å². The molecule has 7 nitrogen and oxygen atoms in total. The summed E-state index contributed by atoms with van der Waals surface area (Å²) in [5, 5.41) is 3.64. The third kappa shape index (κ3) is 3.02. The molecular weight excluding hydrogens is 246 g/mol. The minimum Gasteiger partial charge on any atom is -0.381 e. The molecule has 2 rings (SSSR count). The number of sulfone groups is 1. The highest BCUT2D eigenvalue weighted by Crippen LogP contribution is 2.27. The van der Waals surface area contributed by atoms with Crippen LogP contribution in [0.15, 0.2) is 4.52 Å². The molecule has 0 unspecified atom stereocenters. The van der Waals surface area contributed by atoms with Gasteiger partial charge >= 0.3 is 0 Å². The van der Waals surface area contributed by atoms with Gasteiger partial charge in [-0.1, -0.05) is 5.16 Å². The maximum absolute atomic E-state index is 11.1. The summed E-state index contributed by atoms with van der Waals surface area (Å²) >= 11 is 0. The minimum absolute atomic E-state index is 0.152. The van der Waals surface area contributed by atoms with E-state index in [1.165, 1.54) is 0 Å². The van der Waals surface area contributed by atoms with Gasteiger partial charge < -0.3 is 15.0 Å². The lowest BCUT2D eigenvalue weighted by Gasteiger charge is -2.29. The molecule has 2 heterocycles. The van der Waals surface area contributed by atoms with Crippen LogP contribution in [0.4, 0.5) is 0 Å². The van der Waals surface area contributed by atoms with E-state index in [4.69, 9.17) is 15.0 Å². The Morgan fingerprint density at radius 2 is 2.06 bits per heavy atom. The fourth-order valence-electron chi connectivity index (χ4n) is 1.70. The molecule has 0 amide bonds. The molecule has 96 valence electrons. The van der Waals surface area contributed by atoms with Crippen LogP contribution in [0.25, 0.3) is 0 Å². The number of nitrogens with two attached hydrogens (primary N) is 1. The lowest BCUT2D eigenvalue weighted by molar-refractivity contribution is 0.0400. The first-order chi connectivity index (χ1) is 7.89. The summed E-state index contributed by atoms with van der Waals surface area (Å²) in [6, 6.07) is 0. The van der Waals surface area contributed by atoms with Gasteiger partial charge in [0.2, 0.25) is 5.89 Å². The molecule has 1 aliphatic rings. The van der Waals surface area contributed by atoms with Crippen molar-refractivity contribution in [1.82, 2.24) is 10.1 Å². The third-order valence-electron chi connectivity index (χ3n) is 2.67. The topological polar surface area (TPSA) is 108 Å². The highest BCUT2D eigenvalue weighted by atomic mass is 32.2. The number of hydrogen-bond donors (Lipinski definition) is 1. The molecule has 0 spiro atoms. The van der Waals surface area contributed by atoms with E-state index in [1.54, 1.807) is 0 Å². The normalized spacial score (nSPS) is 20.4. The molecule has 0 aliphatic carbocycles. The summed E-state index contributed by atoms with van der Waals surface area (Å²) in [7, 11) is -3.16. The second-order valence-corrected chi connectivity index (χ2v) is 6.49. The van der Waals surface area contributed by atoms with Gasteiger partial charge in [0, 0.05) is 19.5 Å². The Labute approximate surface area is 99.2 Å². The van der Waals surface area contributed by atoms with Gasteiger partial charge in [-0.05, 0) is 12.8 Å². The van der Waals surface area contributed by atoms with Crippen molar-refractivity contribution in [2.24, 2.45) is 5.73 Å². The molecule has 8 heteroatoms.